The first-order valence-electron chi connectivity index (χ1n) is 3.71. The Bertz CT molecular complexity index is 487. The molecular weight excluding hydrogens is 249 g/mol. The zero-order chi connectivity index (χ0) is 11.6. The smallest absolute Gasteiger partial charge is 0.371 e. The summed E-state index contributed by atoms with van der Waals surface area (Å²) in [6, 6.07) is 4.38. The second-order valence-electron chi connectivity index (χ2n) is 2.72. The fourth-order valence-corrected chi connectivity index (χ4v) is 1.45. The van der Waals surface area contributed by atoms with Crippen LogP contribution < -0.4 is 29.6 Å². The third-order valence-electron chi connectivity index (χ3n) is 1.65. The van der Waals surface area contributed by atoms with Crippen LogP contribution in [-0.2, 0) is 10.1 Å². The first kappa shape index (κ1) is 15.5. The van der Waals surface area contributed by atoms with Crippen molar-refractivity contribution < 1.29 is 52.6 Å². The molecule has 82 valence electrons. The molecule has 0 bridgehead atoms. The van der Waals surface area contributed by atoms with E-state index in [4.69, 9.17) is 9.66 Å². The summed E-state index contributed by atoms with van der Waals surface area (Å²) in [6.07, 6.45) is 0. The van der Waals surface area contributed by atoms with Crippen LogP contribution in [-0.4, -0.2) is 23.0 Å². The van der Waals surface area contributed by atoms with Crippen molar-refractivity contribution in [2.24, 2.45) is 0 Å². The van der Waals surface area contributed by atoms with Gasteiger partial charge in [-0.3, -0.25) is 14.7 Å². The largest absolute Gasteiger partial charge is 1.00 e. The van der Waals surface area contributed by atoms with Crippen LogP contribution in [0.15, 0.2) is 24.3 Å². The van der Waals surface area contributed by atoms with E-state index in [-0.39, 0.29) is 40.8 Å². The van der Waals surface area contributed by atoms with E-state index in [9.17, 15) is 18.5 Å². The van der Waals surface area contributed by atoms with Crippen LogP contribution in [0.3, 0.4) is 0 Å². The SMILES string of the molecule is O=[N+]([O-])c1cccc(C(O)S(=O)(=O)O)c1.[Na+]. The first-order valence-corrected chi connectivity index (χ1v) is 5.21. The molecule has 0 aromatic heterocycles. The average Bonchev–Trinajstić information content (AvgIpc) is 2.15. The van der Waals surface area contributed by atoms with Crippen LogP contribution in [0.5, 0.6) is 0 Å². The summed E-state index contributed by atoms with van der Waals surface area (Å²) in [4.78, 5) is 9.60. The van der Waals surface area contributed by atoms with Crippen LogP contribution in [0.25, 0.3) is 0 Å². The number of nitrogens with zero attached hydrogens (tertiary/aromatic N) is 1. The molecule has 9 heteroatoms. The summed E-state index contributed by atoms with van der Waals surface area (Å²) < 4.78 is 29.6. The summed E-state index contributed by atoms with van der Waals surface area (Å²) in [6.45, 7) is 0. The summed E-state index contributed by atoms with van der Waals surface area (Å²) in [7, 11) is -4.67. The number of nitro groups is 1. The molecule has 1 aromatic rings. The number of benzene rings is 1. The maximum absolute atomic E-state index is 10.5. The Kier molecular flexibility index (Phi) is 5.53. The third kappa shape index (κ3) is 3.81. The number of nitro benzene ring substituents is 1. The molecule has 1 unspecified atom stereocenters. The zero-order valence-electron chi connectivity index (χ0n) is 8.27. The second kappa shape index (κ2) is 5.71. The van der Waals surface area contributed by atoms with Gasteiger partial charge < -0.3 is 5.11 Å². The van der Waals surface area contributed by atoms with E-state index >= 15 is 0 Å². The minimum atomic E-state index is -4.67. The number of non-ortho nitro benzene ring substituents is 1. The fourth-order valence-electron chi connectivity index (χ4n) is 0.964. The molecular formula is C7H7NNaO6S+. The van der Waals surface area contributed by atoms with E-state index in [1.54, 1.807) is 0 Å². The zero-order valence-corrected chi connectivity index (χ0v) is 11.1. The van der Waals surface area contributed by atoms with Crippen molar-refractivity contribution in [2.75, 3.05) is 0 Å². The van der Waals surface area contributed by atoms with E-state index in [0.29, 0.717) is 0 Å². The van der Waals surface area contributed by atoms with Crippen molar-refractivity contribution in [2.45, 2.75) is 5.44 Å². The molecule has 0 radical (unpaired) electrons. The van der Waals surface area contributed by atoms with Gasteiger partial charge in [0.05, 0.1) is 4.92 Å². The molecule has 1 atom stereocenters. The number of hydrogen-bond acceptors (Lipinski definition) is 5. The van der Waals surface area contributed by atoms with E-state index in [1.807, 2.05) is 0 Å². The summed E-state index contributed by atoms with van der Waals surface area (Å²) >= 11 is 0. The first-order chi connectivity index (χ1) is 6.82. The van der Waals surface area contributed by atoms with Gasteiger partial charge in [-0.05, 0) is 0 Å². The van der Waals surface area contributed by atoms with E-state index < -0.39 is 20.5 Å². The maximum Gasteiger partial charge on any atom is 1.00 e. The molecule has 0 aliphatic heterocycles. The standard InChI is InChI=1S/C7H7NO6S.Na/c9-7(15(12,13)14)5-2-1-3-6(4-5)8(10)11;/h1-4,7,9H,(H,12,13,14);/q;+1. The van der Waals surface area contributed by atoms with Crippen LogP contribution in [0, 0.1) is 10.1 Å². The van der Waals surface area contributed by atoms with E-state index in [1.165, 1.54) is 6.07 Å². The van der Waals surface area contributed by atoms with Crippen molar-refractivity contribution >= 4 is 15.8 Å². The Balaban J connectivity index is 0.00000225. The van der Waals surface area contributed by atoms with Gasteiger partial charge in [0, 0.05) is 17.7 Å². The second-order valence-corrected chi connectivity index (χ2v) is 4.20. The molecule has 0 aliphatic rings. The molecule has 7 nitrogen and oxygen atoms in total. The molecule has 1 rings (SSSR count). The van der Waals surface area contributed by atoms with E-state index in [0.717, 1.165) is 18.2 Å². The Morgan fingerprint density at radius 2 is 1.94 bits per heavy atom. The normalized spacial score (nSPS) is 12.6. The number of aliphatic hydroxyl groups excluding tert-OH is 1. The summed E-state index contributed by atoms with van der Waals surface area (Å²) in [5.74, 6) is 0. The monoisotopic (exact) mass is 256 g/mol. The summed E-state index contributed by atoms with van der Waals surface area (Å²) in [5.41, 5.74) is -2.79. The molecule has 0 aliphatic carbocycles. The molecule has 0 heterocycles. The van der Waals surface area contributed by atoms with Crippen molar-refractivity contribution in [1.29, 1.82) is 0 Å². The van der Waals surface area contributed by atoms with Gasteiger partial charge >= 0.3 is 29.6 Å². The number of hydrogen-bond donors (Lipinski definition) is 2. The molecule has 1 aromatic carbocycles. The minimum absolute atomic E-state index is 0. The minimum Gasteiger partial charge on any atom is -0.371 e. The maximum atomic E-state index is 10.5. The number of aliphatic hydroxyl groups is 1. The van der Waals surface area contributed by atoms with Gasteiger partial charge in [0.15, 0.2) is 0 Å². The van der Waals surface area contributed by atoms with Crippen molar-refractivity contribution in [1.82, 2.24) is 0 Å². The van der Waals surface area contributed by atoms with Gasteiger partial charge in [-0.25, -0.2) is 0 Å². The third-order valence-corrected chi connectivity index (χ3v) is 2.48. The molecule has 16 heavy (non-hydrogen) atoms. The van der Waals surface area contributed by atoms with Crippen molar-refractivity contribution in [3.8, 4) is 0 Å². The fraction of sp³-hybridized carbons (Fsp3) is 0.143. The predicted molar refractivity (Wildman–Crippen MR) is 49.6 cm³/mol. The van der Waals surface area contributed by atoms with Crippen LogP contribution >= 0.6 is 0 Å². The summed E-state index contributed by atoms with van der Waals surface area (Å²) in [5, 5.41) is 19.4. The predicted octanol–water partition coefficient (Wildman–Crippen LogP) is -2.52. The Hall–Kier alpha value is -0.510. The van der Waals surface area contributed by atoms with Gasteiger partial charge in [0.2, 0.25) is 5.44 Å². The van der Waals surface area contributed by atoms with Gasteiger partial charge in [-0.15, -0.1) is 0 Å². The quantitative estimate of drug-likeness (QED) is 0.266. The van der Waals surface area contributed by atoms with E-state index in [2.05, 4.69) is 0 Å². The van der Waals surface area contributed by atoms with Crippen LogP contribution in [0.2, 0.25) is 0 Å². The van der Waals surface area contributed by atoms with Crippen LogP contribution in [0.1, 0.15) is 11.0 Å². The molecule has 0 saturated carbocycles. The molecule has 0 amide bonds. The Labute approximate surface area is 113 Å². The molecule has 0 saturated heterocycles. The van der Waals surface area contributed by atoms with Gasteiger partial charge in [0.25, 0.3) is 15.8 Å². The van der Waals surface area contributed by atoms with Gasteiger partial charge in [-0.1, -0.05) is 12.1 Å². The van der Waals surface area contributed by atoms with Crippen LogP contribution in [0.4, 0.5) is 5.69 Å². The Morgan fingerprint density at radius 3 is 2.38 bits per heavy atom. The van der Waals surface area contributed by atoms with Gasteiger partial charge in [-0.2, -0.15) is 8.42 Å². The van der Waals surface area contributed by atoms with Crippen molar-refractivity contribution in [3.63, 3.8) is 0 Å². The molecule has 2 N–H and O–H groups in total. The van der Waals surface area contributed by atoms with Gasteiger partial charge in [0.1, 0.15) is 0 Å². The average molecular weight is 256 g/mol. The number of rotatable bonds is 3. The topological polar surface area (TPSA) is 118 Å². The molecule has 0 fully saturated rings. The Morgan fingerprint density at radius 1 is 1.38 bits per heavy atom. The van der Waals surface area contributed by atoms with Crippen molar-refractivity contribution in [3.05, 3.63) is 39.9 Å². The molecule has 0 spiro atoms.